The van der Waals surface area contributed by atoms with Gasteiger partial charge in [0.2, 0.25) is 35.4 Å². The zero-order chi connectivity index (χ0) is 67.4. The highest BCUT2D eigenvalue weighted by Crippen LogP contribution is 2.32. The number of aliphatic carboxylic acids is 1. The van der Waals surface area contributed by atoms with Crippen molar-refractivity contribution in [3.63, 3.8) is 0 Å². The average molecular weight is 1330 g/mol. The van der Waals surface area contributed by atoms with Gasteiger partial charge in [0.05, 0.1) is 55.2 Å². The number of thioether (sulfide) groups is 1. The average Bonchev–Trinajstić information content (AvgIpc) is 1.14. The summed E-state index contributed by atoms with van der Waals surface area (Å²) < 4.78 is 44.1. The molecule has 512 valence electrons. The van der Waals surface area contributed by atoms with Crippen molar-refractivity contribution < 1.29 is 76.0 Å². The molecule has 3 aromatic rings. The number of carboxylic acids is 1. The van der Waals surface area contributed by atoms with Crippen LogP contribution in [0.5, 0.6) is 5.75 Å². The van der Waals surface area contributed by atoms with Gasteiger partial charge >= 0.3 is 5.97 Å². The van der Waals surface area contributed by atoms with E-state index in [1.165, 1.54) is 35.2 Å². The Labute approximate surface area is 551 Å². The quantitative estimate of drug-likeness (QED) is 0.0286. The maximum atomic E-state index is 14.1. The van der Waals surface area contributed by atoms with Crippen LogP contribution in [0.1, 0.15) is 79.3 Å². The number of aryl methyl sites for hydroxylation is 2. The second-order valence-electron chi connectivity index (χ2n) is 24.0. The fourth-order valence-corrected chi connectivity index (χ4v) is 12.8. The van der Waals surface area contributed by atoms with Gasteiger partial charge in [0.1, 0.15) is 25.8 Å². The molecule has 4 aliphatic heterocycles. The van der Waals surface area contributed by atoms with Crippen LogP contribution in [-0.2, 0) is 59.0 Å². The third-order valence-corrected chi connectivity index (χ3v) is 18.3. The van der Waals surface area contributed by atoms with E-state index in [4.69, 9.17) is 20.6 Å². The van der Waals surface area contributed by atoms with Crippen molar-refractivity contribution >= 4 is 82.9 Å². The molecule has 7 rings (SSSR count). The molecule has 3 atom stereocenters. The summed E-state index contributed by atoms with van der Waals surface area (Å²) in [5, 5.41) is 18.1. The van der Waals surface area contributed by atoms with Crippen LogP contribution in [0, 0.1) is 19.3 Å². The molecule has 0 aliphatic carbocycles. The number of unbranched alkanes of at least 4 members (excludes halogenated alkanes) is 2. The van der Waals surface area contributed by atoms with E-state index in [9.17, 15) is 61.8 Å². The first-order valence-electron chi connectivity index (χ1n) is 32.0. The molecule has 0 saturated carbocycles. The van der Waals surface area contributed by atoms with Crippen LogP contribution in [0.2, 0.25) is 0 Å². The number of fused-ring (bicyclic) bond motifs is 1. The van der Waals surface area contributed by atoms with E-state index in [0.29, 0.717) is 160 Å². The van der Waals surface area contributed by atoms with Crippen molar-refractivity contribution in [2.24, 2.45) is 0 Å². The number of carbonyl (C=O) groups excluding carboxylic acids is 9. The minimum atomic E-state index is -3.11. The van der Waals surface area contributed by atoms with E-state index >= 15 is 0 Å². The molecule has 1 unspecified atom stereocenters. The number of likely N-dealkylation sites (tertiary alicyclic amines) is 2. The number of piperazine rings is 1. The second-order valence-corrected chi connectivity index (χ2v) is 25.3. The number of nitrogens with one attached hydrogen (secondary N) is 3. The van der Waals surface area contributed by atoms with Gasteiger partial charge in [-0.2, -0.15) is 0 Å². The predicted molar refractivity (Wildman–Crippen MR) is 344 cm³/mol. The van der Waals surface area contributed by atoms with Crippen LogP contribution in [0.15, 0.2) is 54.7 Å². The highest BCUT2D eigenvalue weighted by Gasteiger charge is 2.46. The maximum Gasteiger partial charge on any atom is 0.317 e. The number of carboxylic acid groups (broad SMARTS) is 1. The number of halogens is 2. The number of nitrogens with zero attached hydrogens (tertiary/aromatic N) is 9. The summed E-state index contributed by atoms with van der Waals surface area (Å²) in [5.41, 5.74) is 3.07. The number of hydrogen-bond donors (Lipinski definition) is 4. The van der Waals surface area contributed by atoms with Gasteiger partial charge in [0.25, 0.3) is 24.8 Å². The van der Waals surface area contributed by atoms with Crippen molar-refractivity contribution in [3.8, 4) is 18.1 Å². The Bertz CT molecular complexity index is 3100. The Morgan fingerprint density at radius 2 is 1.44 bits per heavy atom. The predicted octanol–water partition coefficient (Wildman–Crippen LogP) is 1.67. The molecule has 0 bridgehead atoms. The molecular formula is C65H88F2N12O14S. The number of pyridine rings is 1. The molecular weight excluding hydrogens is 1240 g/mol. The number of amides is 7. The molecule has 1 aromatic heterocycles. The molecule has 26 nitrogen and oxygen atoms in total. The molecule has 4 fully saturated rings. The van der Waals surface area contributed by atoms with E-state index in [1.54, 1.807) is 28.0 Å². The third kappa shape index (κ3) is 24.2. The van der Waals surface area contributed by atoms with Gasteiger partial charge in [-0.05, 0) is 88.2 Å². The summed E-state index contributed by atoms with van der Waals surface area (Å²) in [6.07, 6.45) is 11.1. The molecule has 94 heavy (non-hydrogen) atoms. The van der Waals surface area contributed by atoms with E-state index < -0.39 is 72.4 Å². The fourth-order valence-electron chi connectivity index (χ4n) is 11.6. The van der Waals surface area contributed by atoms with Gasteiger partial charge in [0, 0.05) is 128 Å². The zero-order valence-electron chi connectivity index (χ0n) is 53.4. The third-order valence-electron chi connectivity index (χ3n) is 17.0. The van der Waals surface area contributed by atoms with Crippen molar-refractivity contribution in [2.45, 2.75) is 94.4 Å². The SMILES string of the molecule is C#C[C@H]1CC(F)(F)CN1C(=O)CNC(=O)c1ccnc2ccc(OCCCCN3CCN(C(=O)CN4C(=O)CC(SC[C@H](CCCCNC(=O)CCCc5ccc(C)cc5)NC(=O)CN5CCN(COC=O)CCN(COC=O)CCN(CC(=O)O)CC5)C4=O)CC3)cc12. The lowest BCUT2D eigenvalue weighted by atomic mass is 10.1. The van der Waals surface area contributed by atoms with Crippen LogP contribution in [0.25, 0.3) is 10.9 Å². The number of alkyl halides is 2. The molecule has 7 amide bonds. The van der Waals surface area contributed by atoms with Gasteiger partial charge in [0.15, 0.2) is 0 Å². The summed E-state index contributed by atoms with van der Waals surface area (Å²) in [6.45, 7) is 6.96. The Morgan fingerprint density at radius 3 is 2.10 bits per heavy atom. The number of aromatic nitrogens is 1. The summed E-state index contributed by atoms with van der Waals surface area (Å²) in [5.74, 6) is -4.10. The largest absolute Gasteiger partial charge is 0.494 e. The lowest BCUT2D eigenvalue weighted by Gasteiger charge is -2.35. The minimum absolute atomic E-state index is 0.0105. The lowest BCUT2D eigenvalue weighted by Crippen LogP contribution is -2.52. The first-order chi connectivity index (χ1) is 45.3. The Hall–Kier alpha value is -7.88. The van der Waals surface area contributed by atoms with Crippen molar-refractivity contribution in [3.05, 3.63) is 71.4 Å². The Kier molecular flexibility index (Phi) is 29.6. The van der Waals surface area contributed by atoms with Crippen LogP contribution >= 0.6 is 11.8 Å². The monoisotopic (exact) mass is 1330 g/mol. The van der Waals surface area contributed by atoms with Gasteiger partial charge in [-0.1, -0.05) is 35.7 Å². The molecule has 4 N–H and O–H groups in total. The van der Waals surface area contributed by atoms with Gasteiger partial charge in [-0.3, -0.25) is 82.3 Å². The Morgan fingerprint density at radius 1 is 0.777 bits per heavy atom. The number of terminal acetylenes is 1. The summed E-state index contributed by atoms with van der Waals surface area (Å²) in [7, 11) is 0. The Balaban J connectivity index is 0.864. The van der Waals surface area contributed by atoms with Crippen LogP contribution in [0.4, 0.5) is 8.78 Å². The molecule has 4 saturated heterocycles. The number of benzene rings is 2. The number of rotatable bonds is 34. The second kappa shape index (κ2) is 37.9. The number of imide groups is 1. The molecule has 29 heteroatoms. The molecule has 0 radical (unpaired) electrons. The maximum absolute atomic E-state index is 14.1. The first kappa shape index (κ1) is 73.5. The van der Waals surface area contributed by atoms with Crippen LogP contribution in [-0.4, -0.2) is 283 Å². The molecule has 2 aromatic carbocycles. The van der Waals surface area contributed by atoms with Crippen molar-refractivity contribution in [1.82, 2.24) is 60.1 Å². The van der Waals surface area contributed by atoms with Gasteiger partial charge in [-0.25, -0.2) is 8.78 Å². The number of carbonyl (C=O) groups is 10. The van der Waals surface area contributed by atoms with Gasteiger partial charge < -0.3 is 45.1 Å². The van der Waals surface area contributed by atoms with Crippen molar-refractivity contribution in [1.29, 1.82) is 0 Å². The van der Waals surface area contributed by atoms with Crippen LogP contribution < -0.4 is 20.7 Å². The number of hydrogen-bond acceptors (Lipinski definition) is 20. The highest BCUT2D eigenvalue weighted by atomic mass is 32.2. The van der Waals surface area contributed by atoms with E-state index in [-0.39, 0.29) is 68.6 Å². The van der Waals surface area contributed by atoms with E-state index in [0.717, 1.165) is 29.2 Å². The van der Waals surface area contributed by atoms with Crippen molar-refractivity contribution in [2.75, 3.05) is 150 Å². The fraction of sp³-hybridized carbons (Fsp3) is 0.585. The highest BCUT2D eigenvalue weighted by molar-refractivity contribution is 8.00. The normalized spacial score (nSPS) is 19.1. The van der Waals surface area contributed by atoms with Gasteiger partial charge in [-0.15, -0.1) is 18.2 Å². The summed E-state index contributed by atoms with van der Waals surface area (Å²) in [6, 6.07) is 13.3. The minimum Gasteiger partial charge on any atom is -0.494 e. The van der Waals surface area contributed by atoms with Crippen LogP contribution in [0.3, 0.4) is 0 Å². The van der Waals surface area contributed by atoms with E-state index in [1.807, 2.05) is 33.8 Å². The topological polar surface area (TPSA) is 294 Å². The summed E-state index contributed by atoms with van der Waals surface area (Å²) >= 11 is 1.24. The molecule has 4 aliphatic rings. The van der Waals surface area contributed by atoms with E-state index in [2.05, 4.69) is 43.9 Å². The molecule has 0 spiro atoms. The lowest BCUT2D eigenvalue weighted by molar-refractivity contribution is -0.146. The zero-order valence-corrected chi connectivity index (χ0v) is 54.3. The standard InChI is InChI=1S/C65H88F2N12O14S/c1-3-51-37-65(66,67)43-79(51)60(85)38-70-63(89)53-18-20-68-55-17-16-52(35-54(53)55)93-34-7-6-21-72-30-32-77(33-31-72)61(86)40-78-59(84)36-56(64(78)90)94-42-50(10-4-5-19-69-57(82)11-8-9-49-14-12-48(2)13-15-49)71-58(83)39-73-22-23-74(41-62(87)88)25-27-76(45-92-47-81)29-28-75(26-24-73)44-91-46-80/h1,12-18,20,35,46-47,50-51,56H,4-11,19,21-34,36-45H2,2H3,(H,69,82)(H,70,89)(H,71,83)(H,87,88)/t50-,51-,56?/m0/s1. The summed E-state index contributed by atoms with van der Waals surface area (Å²) in [4.78, 5) is 146. The smallest absolute Gasteiger partial charge is 0.317 e. The number of ether oxygens (including phenoxy) is 3. The molecule has 5 heterocycles. The first-order valence-corrected chi connectivity index (χ1v) is 33.1.